The number of amides is 3. The number of anilines is 1. The maximum atomic E-state index is 13.3. The summed E-state index contributed by atoms with van der Waals surface area (Å²) in [6, 6.07) is 7.35. The number of ether oxygens (including phenoxy) is 1. The van der Waals surface area contributed by atoms with Crippen LogP contribution in [0, 0.1) is 5.41 Å². The third kappa shape index (κ3) is 4.94. The van der Waals surface area contributed by atoms with Gasteiger partial charge in [-0.05, 0) is 50.3 Å². The number of benzene rings is 1. The van der Waals surface area contributed by atoms with Gasteiger partial charge in [-0.15, -0.1) is 0 Å². The highest BCUT2D eigenvalue weighted by atomic mass is 35.5. The van der Waals surface area contributed by atoms with Crippen molar-refractivity contribution in [2.24, 2.45) is 5.41 Å². The number of nitrogens with one attached hydrogen (secondary N) is 4. The average molecular weight is 476 g/mol. The molecule has 1 saturated carbocycles. The zero-order valence-electron chi connectivity index (χ0n) is 18.7. The van der Waals surface area contributed by atoms with E-state index in [4.69, 9.17) is 16.3 Å². The zero-order valence-corrected chi connectivity index (χ0v) is 19.5. The molecular weight excluding hydrogens is 446 g/mol. The SMILES string of the molecule is COCCNC(=O)C1=C(C(=O)N[C@H]2CC[C@@]3(CCN(c4cccc(Cl)c4)C3=O)CC2)NCN1. The number of methoxy groups -OCH3 is 1. The lowest BCUT2D eigenvalue weighted by atomic mass is 9.71. The molecule has 2 fully saturated rings. The average Bonchev–Trinajstić information content (AvgIpc) is 3.42. The number of carbonyl (C=O) groups excluding carboxylic acids is 3. The first-order valence-electron chi connectivity index (χ1n) is 11.3. The van der Waals surface area contributed by atoms with Gasteiger partial charge in [0.05, 0.1) is 18.7 Å². The van der Waals surface area contributed by atoms with Gasteiger partial charge in [0.15, 0.2) is 0 Å². The molecule has 1 aromatic carbocycles. The molecule has 1 spiro atoms. The van der Waals surface area contributed by atoms with E-state index in [1.807, 2.05) is 23.1 Å². The van der Waals surface area contributed by atoms with Crippen LogP contribution in [0.25, 0.3) is 0 Å². The number of rotatable bonds is 7. The second-order valence-corrected chi connectivity index (χ2v) is 9.18. The lowest BCUT2D eigenvalue weighted by Gasteiger charge is -2.36. The van der Waals surface area contributed by atoms with E-state index < -0.39 is 0 Å². The molecule has 178 valence electrons. The quantitative estimate of drug-likeness (QED) is 0.442. The molecule has 1 aliphatic carbocycles. The van der Waals surface area contributed by atoms with Gasteiger partial charge in [-0.3, -0.25) is 14.4 Å². The van der Waals surface area contributed by atoms with Gasteiger partial charge < -0.3 is 30.9 Å². The number of hydrogen-bond acceptors (Lipinski definition) is 6. The smallest absolute Gasteiger partial charge is 0.269 e. The Morgan fingerprint density at radius 2 is 1.91 bits per heavy atom. The monoisotopic (exact) mass is 475 g/mol. The van der Waals surface area contributed by atoms with E-state index in [1.165, 1.54) is 0 Å². The Labute approximate surface area is 198 Å². The number of carbonyl (C=O) groups is 3. The van der Waals surface area contributed by atoms with Gasteiger partial charge in [0.1, 0.15) is 11.4 Å². The van der Waals surface area contributed by atoms with Crippen LogP contribution in [0.15, 0.2) is 35.7 Å². The summed E-state index contributed by atoms with van der Waals surface area (Å²) < 4.78 is 4.93. The molecule has 3 aliphatic rings. The van der Waals surface area contributed by atoms with Crippen LogP contribution >= 0.6 is 11.6 Å². The van der Waals surface area contributed by atoms with Crippen LogP contribution in [0.5, 0.6) is 0 Å². The van der Waals surface area contributed by atoms with Crippen molar-refractivity contribution in [3.63, 3.8) is 0 Å². The predicted molar refractivity (Wildman–Crippen MR) is 124 cm³/mol. The largest absolute Gasteiger partial charge is 0.383 e. The highest BCUT2D eigenvalue weighted by Gasteiger charge is 2.49. The summed E-state index contributed by atoms with van der Waals surface area (Å²) in [7, 11) is 1.56. The molecule has 4 rings (SSSR count). The van der Waals surface area contributed by atoms with E-state index in [1.54, 1.807) is 13.2 Å². The molecule has 4 N–H and O–H groups in total. The highest BCUT2D eigenvalue weighted by molar-refractivity contribution is 6.31. The molecule has 0 atom stereocenters. The van der Waals surface area contributed by atoms with Gasteiger partial charge in [0.2, 0.25) is 5.91 Å². The van der Waals surface area contributed by atoms with Crippen molar-refractivity contribution < 1.29 is 19.1 Å². The molecule has 3 amide bonds. The van der Waals surface area contributed by atoms with Crippen molar-refractivity contribution in [1.29, 1.82) is 0 Å². The fourth-order valence-electron chi connectivity index (χ4n) is 4.89. The molecule has 0 bridgehead atoms. The van der Waals surface area contributed by atoms with Gasteiger partial charge in [-0.2, -0.15) is 0 Å². The van der Waals surface area contributed by atoms with Crippen molar-refractivity contribution in [1.82, 2.24) is 21.3 Å². The summed E-state index contributed by atoms with van der Waals surface area (Å²) in [6.07, 6.45) is 3.70. The summed E-state index contributed by atoms with van der Waals surface area (Å²) >= 11 is 6.11. The van der Waals surface area contributed by atoms with E-state index in [2.05, 4.69) is 21.3 Å². The first kappa shape index (κ1) is 23.4. The van der Waals surface area contributed by atoms with Gasteiger partial charge in [0.25, 0.3) is 11.8 Å². The van der Waals surface area contributed by atoms with Crippen molar-refractivity contribution in [2.75, 3.05) is 38.4 Å². The Morgan fingerprint density at radius 1 is 1.18 bits per heavy atom. The Bertz CT molecular complexity index is 958. The minimum Gasteiger partial charge on any atom is -0.383 e. The Kier molecular flexibility index (Phi) is 7.09. The topological polar surface area (TPSA) is 112 Å². The van der Waals surface area contributed by atoms with Crippen molar-refractivity contribution >= 4 is 35.0 Å². The first-order chi connectivity index (χ1) is 15.9. The predicted octanol–water partition coefficient (Wildman–Crippen LogP) is 1.25. The molecule has 1 saturated heterocycles. The summed E-state index contributed by atoms with van der Waals surface area (Å²) in [5.41, 5.74) is 0.943. The van der Waals surface area contributed by atoms with Crippen molar-refractivity contribution in [2.45, 2.75) is 38.1 Å². The maximum absolute atomic E-state index is 13.3. The molecular formula is C23H30ClN5O4. The van der Waals surface area contributed by atoms with Crippen LogP contribution in [-0.2, 0) is 19.1 Å². The van der Waals surface area contributed by atoms with E-state index in [0.717, 1.165) is 37.8 Å². The van der Waals surface area contributed by atoms with Gasteiger partial charge in [-0.25, -0.2) is 0 Å². The van der Waals surface area contributed by atoms with Crippen LogP contribution in [-0.4, -0.2) is 57.2 Å². The lowest BCUT2D eigenvalue weighted by molar-refractivity contribution is -0.127. The summed E-state index contributed by atoms with van der Waals surface area (Å²) in [5, 5.41) is 12.2. The minimum atomic E-state index is -0.373. The molecule has 2 heterocycles. The molecule has 0 aromatic heterocycles. The number of nitrogens with zero attached hydrogens (tertiary/aromatic N) is 1. The fraction of sp³-hybridized carbons (Fsp3) is 0.522. The van der Waals surface area contributed by atoms with E-state index in [0.29, 0.717) is 31.4 Å². The third-order valence-electron chi connectivity index (χ3n) is 6.74. The van der Waals surface area contributed by atoms with Crippen LogP contribution in [0.2, 0.25) is 5.02 Å². The summed E-state index contributed by atoms with van der Waals surface area (Å²) in [6.45, 7) is 1.75. The molecule has 9 nitrogen and oxygen atoms in total. The fourth-order valence-corrected chi connectivity index (χ4v) is 5.07. The second-order valence-electron chi connectivity index (χ2n) is 8.74. The van der Waals surface area contributed by atoms with Gasteiger partial charge in [0, 0.05) is 37.0 Å². The van der Waals surface area contributed by atoms with Crippen LogP contribution < -0.4 is 26.2 Å². The Balaban J connectivity index is 1.34. The lowest BCUT2D eigenvalue weighted by Crippen LogP contribution is -2.45. The van der Waals surface area contributed by atoms with E-state index >= 15 is 0 Å². The van der Waals surface area contributed by atoms with Crippen molar-refractivity contribution in [3.8, 4) is 0 Å². The van der Waals surface area contributed by atoms with Gasteiger partial charge >= 0.3 is 0 Å². The molecule has 1 aromatic rings. The molecule has 2 aliphatic heterocycles. The van der Waals surface area contributed by atoms with E-state index in [-0.39, 0.29) is 40.6 Å². The van der Waals surface area contributed by atoms with Crippen molar-refractivity contribution in [3.05, 3.63) is 40.7 Å². The Morgan fingerprint density at radius 3 is 2.61 bits per heavy atom. The maximum Gasteiger partial charge on any atom is 0.269 e. The Hall–Kier alpha value is -2.78. The summed E-state index contributed by atoms with van der Waals surface area (Å²) in [5.74, 6) is -0.507. The molecule has 0 radical (unpaired) electrons. The molecule has 10 heteroatoms. The molecule has 33 heavy (non-hydrogen) atoms. The van der Waals surface area contributed by atoms with Crippen LogP contribution in [0.3, 0.4) is 0 Å². The van der Waals surface area contributed by atoms with Crippen LogP contribution in [0.1, 0.15) is 32.1 Å². The highest BCUT2D eigenvalue weighted by Crippen LogP contribution is 2.46. The molecule has 0 unspecified atom stereocenters. The number of halogens is 1. The van der Waals surface area contributed by atoms with E-state index in [9.17, 15) is 14.4 Å². The van der Waals surface area contributed by atoms with Gasteiger partial charge in [-0.1, -0.05) is 17.7 Å². The normalized spacial score (nSPS) is 24.6. The minimum absolute atomic E-state index is 0.0381. The zero-order chi connectivity index (χ0) is 23.4. The first-order valence-corrected chi connectivity index (χ1v) is 11.7. The standard InChI is InChI=1S/C23H30ClN5O4/c1-33-12-10-25-20(30)18-19(27-14-26-18)21(31)28-16-5-7-23(8-6-16)9-11-29(22(23)32)17-4-2-3-15(24)13-17/h2-4,13,16,26-27H,5-12,14H2,1H3,(H,25,30)(H,28,31)/t16-,23-. The number of hydrogen-bond donors (Lipinski definition) is 4. The van der Waals surface area contributed by atoms with Crippen LogP contribution in [0.4, 0.5) is 5.69 Å². The second kappa shape index (κ2) is 10.0. The third-order valence-corrected chi connectivity index (χ3v) is 6.97. The summed E-state index contributed by atoms with van der Waals surface area (Å²) in [4.78, 5) is 40.3.